The maximum absolute atomic E-state index is 12.3. The van der Waals surface area contributed by atoms with Gasteiger partial charge >= 0.3 is 0 Å². The van der Waals surface area contributed by atoms with Gasteiger partial charge in [0.05, 0.1) is 6.61 Å². The van der Waals surface area contributed by atoms with Crippen molar-refractivity contribution in [3.63, 3.8) is 0 Å². The molecule has 0 saturated carbocycles. The Kier molecular flexibility index (Phi) is 10.5. The Morgan fingerprint density at radius 2 is 2.23 bits per heavy atom. The van der Waals surface area contributed by atoms with Gasteiger partial charge in [-0.25, -0.2) is 4.99 Å². The smallest absolute Gasteiger partial charge is 0.246 e. The van der Waals surface area contributed by atoms with E-state index >= 15 is 0 Å². The second kappa shape index (κ2) is 11.8. The summed E-state index contributed by atoms with van der Waals surface area (Å²) in [6.45, 7) is 7.33. The van der Waals surface area contributed by atoms with Crippen LogP contribution in [0.1, 0.15) is 18.9 Å². The van der Waals surface area contributed by atoms with Gasteiger partial charge in [0.2, 0.25) is 5.91 Å². The fraction of sp³-hybridized carbons (Fsp3) is 0.556. The minimum atomic E-state index is -0.130. The van der Waals surface area contributed by atoms with Crippen molar-refractivity contribution in [2.24, 2.45) is 10.9 Å². The number of nitrogens with one attached hydrogen (secondary N) is 2. The number of amides is 1. The molecule has 0 bridgehead atoms. The Labute approximate surface area is 181 Å². The van der Waals surface area contributed by atoms with Gasteiger partial charge in [-0.2, -0.15) is 0 Å². The number of aryl methyl sites for hydroxylation is 1. The number of aliphatic imine (C=N–C) groups is 1. The minimum absolute atomic E-state index is 0. The van der Waals surface area contributed by atoms with Crippen LogP contribution >= 0.6 is 39.9 Å². The normalized spacial score (nSPS) is 16.8. The topological polar surface area (TPSA) is 66.0 Å². The second-order valence-corrected chi connectivity index (χ2v) is 7.20. The van der Waals surface area contributed by atoms with Gasteiger partial charge in [-0.05, 0) is 38.0 Å². The van der Waals surface area contributed by atoms with Gasteiger partial charge < -0.3 is 20.3 Å². The van der Waals surface area contributed by atoms with Crippen LogP contribution in [0.3, 0.4) is 0 Å². The molecular formula is C18H28BrIN4O2. The molecule has 1 fully saturated rings. The van der Waals surface area contributed by atoms with Crippen LogP contribution in [-0.4, -0.2) is 56.7 Å². The lowest BCUT2D eigenvalue weighted by atomic mass is 10.1. The summed E-state index contributed by atoms with van der Waals surface area (Å²) in [5.74, 6) is 1.14. The highest BCUT2D eigenvalue weighted by Crippen LogP contribution is 2.20. The van der Waals surface area contributed by atoms with Crippen LogP contribution in [0.25, 0.3) is 0 Å². The summed E-state index contributed by atoms with van der Waals surface area (Å²) in [6.07, 6.45) is 1.08. The van der Waals surface area contributed by atoms with Crippen LogP contribution in [0.2, 0.25) is 0 Å². The number of carbonyl (C=O) groups excluding carboxylic acids is 1. The van der Waals surface area contributed by atoms with Crippen molar-refractivity contribution < 1.29 is 9.53 Å². The van der Waals surface area contributed by atoms with E-state index in [-0.39, 0.29) is 36.4 Å². The molecule has 1 aromatic rings. The average molecular weight is 539 g/mol. The Bertz CT molecular complexity index is 621. The third-order valence-electron chi connectivity index (χ3n) is 4.10. The van der Waals surface area contributed by atoms with Gasteiger partial charge in [-0.1, -0.05) is 22.0 Å². The highest BCUT2D eigenvalue weighted by molar-refractivity contribution is 14.0. The second-order valence-electron chi connectivity index (χ2n) is 6.29. The molecule has 26 heavy (non-hydrogen) atoms. The zero-order valence-corrected chi connectivity index (χ0v) is 19.5. The van der Waals surface area contributed by atoms with E-state index in [1.165, 1.54) is 0 Å². The number of benzene rings is 1. The predicted octanol–water partition coefficient (Wildman–Crippen LogP) is 3.25. The van der Waals surface area contributed by atoms with E-state index in [4.69, 9.17) is 4.74 Å². The standard InChI is InChI=1S/C18H27BrN4O2.HI/c1-4-20-18(23(3)11-14-7-8-25-12-14)21-10-17(24)22-16-9-15(19)6-5-13(16)2;/h5-6,9,14H,4,7-8,10-12H2,1-3H3,(H,20,21)(H,22,24);1H. The van der Waals surface area contributed by atoms with Gasteiger partial charge in [0.1, 0.15) is 6.54 Å². The van der Waals surface area contributed by atoms with E-state index in [1.807, 2.05) is 39.1 Å². The molecular weight excluding hydrogens is 511 g/mol. The van der Waals surface area contributed by atoms with E-state index < -0.39 is 0 Å². The number of ether oxygens (including phenoxy) is 1. The Morgan fingerprint density at radius 1 is 1.46 bits per heavy atom. The zero-order chi connectivity index (χ0) is 18.2. The minimum Gasteiger partial charge on any atom is -0.381 e. The lowest BCUT2D eigenvalue weighted by molar-refractivity contribution is -0.114. The SMILES string of the molecule is CCNC(=NCC(=O)Nc1cc(Br)ccc1C)N(C)CC1CCOC1.I. The van der Waals surface area contributed by atoms with E-state index in [0.29, 0.717) is 5.92 Å². The van der Waals surface area contributed by atoms with Crippen molar-refractivity contribution in [3.8, 4) is 0 Å². The highest BCUT2D eigenvalue weighted by Gasteiger charge is 2.19. The fourth-order valence-electron chi connectivity index (χ4n) is 2.74. The van der Waals surface area contributed by atoms with E-state index in [1.54, 1.807) is 0 Å². The molecule has 8 heteroatoms. The van der Waals surface area contributed by atoms with Gasteiger partial charge in [0, 0.05) is 42.8 Å². The van der Waals surface area contributed by atoms with Crippen molar-refractivity contribution in [2.45, 2.75) is 20.3 Å². The molecule has 1 atom stereocenters. The van der Waals surface area contributed by atoms with Crippen molar-refractivity contribution in [2.75, 3.05) is 45.2 Å². The number of hydrogen-bond donors (Lipinski definition) is 2. The van der Waals surface area contributed by atoms with Crippen molar-refractivity contribution in [3.05, 3.63) is 28.2 Å². The van der Waals surface area contributed by atoms with E-state index in [0.717, 1.165) is 54.4 Å². The summed E-state index contributed by atoms with van der Waals surface area (Å²) in [4.78, 5) is 18.8. The van der Waals surface area contributed by atoms with Gasteiger partial charge in [0.15, 0.2) is 5.96 Å². The third-order valence-corrected chi connectivity index (χ3v) is 4.59. The molecule has 1 aliphatic rings. The molecule has 2 N–H and O–H groups in total. The molecule has 1 unspecified atom stereocenters. The predicted molar refractivity (Wildman–Crippen MR) is 120 cm³/mol. The summed E-state index contributed by atoms with van der Waals surface area (Å²) in [7, 11) is 2.00. The van der Waals surface area contributed by atoms with Gasteiger partial charge in [-0.15, -0.1) is 24.0 Å². The number of carbonyl (C=O) groups is 1. The van der Waals surface area contributed by atoms with Gasteiger partial charge in [0.25, 0.3) is 0 Å². The number of rotatable bonds is 6. The molecule has 6 nitrogen and oxygen atoms in total. The number of nitrogens with zero attached hydrogens (tertiary/aromatic N) is 2. The largest absolute Gasteiger partial charge is 0.381 e. The molecule has 146 valence electrons. The molecule has 0 aliphatic carbocycles. The van der Waals surface area contributed by atoms with Crippen LogP contribution < -0.4 is 10.6 Å². The number of halogens is 2. The van der Waals surface area contributed by atoms with Crippen LogP contribution in [0.15, 0.2) is 27.7 Å². The Morgan fingerprint density at radius 3 is 2.88 bits per heavy atom. The van der Waals surface area contributed by atoms with Gasteiger partial charge in [-0.3, -0.25) is 4.79 Å². The Hall–Kier alpha value is -0.870. The molecule has 0 spiro atoms. The quantitative estimate of drug-likeness (QED) is 0.331. The molecule has 0 radical (unpaired) electrons. The average Bonchev–Trinajstić information content (AvgIpc) is 3.07. The maximum Gasteiger partial charge on any atom is 0.246 e. The molecule has 2 rings (SSSR count). The van der Waals surface area contributed by atoms with E-state index in [9.17, 15) is 4.79 Å². The summed E-state index contributed by atoms with van der Waals surface area (Å²) < 4.78 is 6.36. The number of guanidine groups is 1. The summed E-state index contributed by atoms with van der Waals surface area (Å²) >= 11 is 3.42. The van der Waals surface area contributed by atoms with Crippen LogP contribution in [0.5, 0.6) is 0 Å². The van der Waals surface area contributed by atoms with Crippen molar-refractivity contribution >= 4 is 57.5 Å². The lowest BCUT2D eigenvalue weighted by Gasteiger charge is -2.24. The van der Waals surface area contributed by atoms with Crippen molar-refractivity contribution in [1.29, 1.82) is 0 Å². The number of hydrogen-bond acceptors (Lipinski definition) is 3. The first-order valence-corrected chi connectivity index (χ1v) is 9.42. The molecule has 0 aromatic heterocycles. The number of anilines is 1. The summed E-state index contributed by atoms with van der Waals surface area (Å²) in [6, 6.07) is 5.81. The molecule has 1 saturated heterocycles. The molecule has 1 aromatic carbocycles. The lowest BCUT2D eigenvalue weighted by Crippen LogP contribution is -2.42. The Balaban J connectivity index is 0.00000338. The first kappa shape index (κ1) is 23.2. The van der Waals surface area contributed by atoms with Crippen LogP contribution in [0, 0.1) is 12.8 Å². The monoisotopic (exact) mass is 538 g/mol. The fourth-order valence-corrected chi connectivity index (χ4v) is 3.10. The van der Waals surface area contributed by atoms with Crippen LogP contribution in [-0.2, 0) is 9.53 Å². The zero-order valence-electron chi connectivity index (χ0n) is 15.5. The molecule has 1 heterocycles. The summed E-state index contributed by atoms with van der Waals surface area (Å²) in [5.41, 5.74) is 1.82. The first-order chi connectivity index (χ1) is 12.0. The molecule has 1 amide bonds. The van der Waals surface area contributed by atoms with Crippen molar-refractivity contribution in [1.82, 2.24) is 10.2 Å². The highest BCUT2D eigenvalue weighted by atomic mass is 127. The first-order valence-electron chi connectivity index (χ1n) is 8.62. The maximum atomic E-state index is 12.3. The molecule has 1 aliphatic heterocycles. The third kappa shape index (κ3) is 7.40. The van der Waals surface area contributed by atoms with Crippen LogP contribution in [0.4, 0.5) is 5.69 Å². The summed E-state index contributed by atoms with van der Waals surface area (Å²) in [5, 5.41) is 6.16. The van der Waals surface area contributed by atoms with E-state index in [2.05, 4.69) is 36.5 Å².